The molecule has 0 radical (unpaired) electrons. The lowest BCUT2D eigenvalue weighted by Crippen LogP contribution is -2.13. The number of hydrogen-bond acceptors (Lipinski definition) is 0. The first kappa shape index (κ1) is 14.1. The summed E-state index contributed by atoms with van der Waals surface area (Å²) in [4.78, 5) is 0. The Balaban J connectivity index is 3.39. The average Bonchev–Trinajstić information content (AvgIpc) is 2.14. The predicted octanol–water partition coefficient (Wildman–Crippen LogP) is 5.61. The van der Waals surface area contributed by atoms with E-state index >= 15 is 0 Å². The summed E-state index contributed by atoms with van der Waals surface area (Å²) in [5.41, 5.74) is 4.11. The number of benzene rings is 1. The summed E-state index contributed by atoms with van der Waals surface area (Å²) in [5.74, 6) is 1.10. The van der Waals surface area contributed by atoms with Gasteiger partial charge in [0, 0.05) is 10.4 Å². The van der Waals surface area contributed by atoms with E-state index in [4.69, 9.17) is 11.6 Å². The van der Waals surface area contributed by atoms with Gasteiger partial charge in [0.15, 0.2) is 0 Å². The minimum absolute atomic E-state index is 0.160. The number of halogens is 2. The lowest BCUT2D eigenvalue weighted by molar-refractivity contribution is 0.585. The Labute approximate surface area is 113 Å². The van der Waals surface area contributed by atoms with Crippen LogP contribution >= 0.6 is 27.5 Å². The average molecular weight is 304 g/mol. The van der Waals surface area contributed by atoms with Crippen molar-refractivity contribution in [1.82, 2.24) is 0 Å². The van der Waals surface area contributed by atoms with Crippen LogP contribution in [0.5, 0.6) is 0 Å². The molecule has 0 aliphatic carbocycles. The van der Waals surface area contributed by atoms with Crippen molar-refractivity contribution in [2.24, 2.45) is 0 Å². The van der Waals surface area contributed by atoms with Gasteiger partial charge in [-0.2, -0.15) is 0 Å². The maximum absolute atomic E-state index is 5.99. The van der Waals surface area contributed by atoms with Crippen molar-refractivity contribution < 1.29 is 0 Å². The molecule has 16 heavy (non-hydrogen) atoms. The van der Waals surface area contributed by atoms with Crippen LogP contribution in [-0.4, -0.2) is 0 Å². The number of alkyl halides is 1. The van der Waals surface area contributed by atoms with Gasteiger partial charge in [0.1, 0.15) is 0 Å². The highest BCUT2D eigenvalue weighted by Crippen LogP contribution is 2.35. The van der Waals surface area contributed by atoms with Crippen LogP contribution in [-0.2, 0) is 11.3 Å². The first-order valence-corrected chi connectivity index (χ1v) is 6.99. The van der Waals surface area contributed by atoms with Crippen molar-refractivity contribution >= 4 is 27.5 Å². The molecule has 1 aromatic carbocycles. The lowest BCUT2D eigenvalue weighted by Gasteiger charge is -2.24. The van der Waals surface area contributed by atoms with Crippen LogP contribution in [0.25, 0.3) is 0 Å². The van der Waals surface area contributed by atoms with Crippen LogP contribution < -0.4 is 0 Å². The zero-order valence-corrected chi connectivity index (χ0v) is 13.0. The molecule has 2 heteroatoms. The van der Waals surface area contributed by atoms with E-state index in [2.05, 4.69) is 62.7 Å². The quantitative estimate of drug-likeness (QED) is 0.623. The fourth-order valence-electron chi connectivity index (χ4n) is 1.86. The topological polar surface area (TPSA) is 0 Å². The molecule has 0 bridgehead atoms. The summed E-state index contributed by atoms with van der Waals surface area (Å²) >= 11 is 9.64. The van der Waals surface area contributed by atoms with Gasteiger partial charge in [0.05, 0.1) is 0 Å². The second-order valence-corrected chi connectivity index (χ2v) is 6.69. The minimum atomic E-state index is 0.160. The van der Waals surface area contributed by atoms with E-state index in [-0.39, 0.29) is 5.41 Å². The van der Waals surface area contributed by atoms with E-state index in [0.29, 0.717) is 11.8 Å². The summed E-state index contributed by atoms with van der Waals surface area (Å²) in [5, 5.41) is 0. The number of hydrogen-bond donors (Lipinski definition) is 0. The first-order chi connectivity index (χ1) is 7.27. The fraction of sp³-hybridized carbons (Fsp3) is 0.571. The van der Waals surface area contributed by atoms with Crippen LogP contribution in [0.2, 0.25) is 0 Å². The summed E-state index contributed by atoms with van der Waals surface area (Å²) in [6.45, 7) is 11.1. The molecule has 90 valence electrons. The molecule has 0 saturated carbocycles. The van der Waals surface area contributed by atoms with E-state index < -0.39 is 0 Å². The second kappa shape index (κ2) is 5.10. The second-order valence-electron chi connectivity index (χ2n) is 5.57. The monoisotopic (exact) mass is 302 g/mol. The van der Waals surface area contributed by atoms with Gasteiger partial charge < -0.3 is 0 Å². The van der Waals surface area contributed by atoms with Crippen molar-refractivity contribution in [3.63, 3.8) is 0 Å². The summed E-state index contributed by atoms with van der Waals surface area (Å²) in [6, 6.07) is 4.47. The van der Waals surface area contributed by atoms with Gasteiger partial charge in [0.2, 0.25) is 0 Å². The van der Waals surface area contributed by atoms with Gasteiger partial charge in [-0.1, -0.05) is 56.6 Å². The zero-order valence-electron chi connectivity index (χ0n) is 10.7. The van der Waals surface area contributed by atoms with Gasteiger partial charge in [-0.25, -0.2) is 0 Å². The molecular weight excluding hydrogens is 284 g/mol. The molecule has 0 heterocycles. The van der Waals surface area contributed by atoms with E-state index in [1.165, 1.54) is 21.2 Å². The van der Waals surface area contributed by atoms with Crippen molar-refractivity contribution in [2.45, 2.75) is 51.8 Å². The Morgan fingerprint density at radius 2 is 1.81 bits per heavy atom. The highest BCUT2D eigenvalue weighted by Gasteiger charge is 2.20. The van der Waals surface area contributed by atoms with E-state index in [1.54, 1.807) is 0 Å². The van der Waals surface area contributed by atoms with Crippen molar-refractivity contribution in [2.75, 3.05) is 0 Å². The van der Waals surface area contributed by atoms with Gasteiger partial charge in [-0.15, -0.1) is 11.6 Å². The van der Waals surface area contributed by atoms with Crippen LogP contribution in [0.15, 0.2) is 16.6 Å². The minimum Gasteiger partial charge on any atom is -0.122 e. The smallest absolute Gasteiger partial charge is 0.0477 e. The SMILES string of the molecule is CC(C)c1cc(C(C)(C)C)c(Br)cc1CCl. The Hall–Kier alpha value is -0.0100. The maximum Gasteiger partial charge on any atom is 0.0477 e. The third-order valence-electron chi connectivity index (χ3n) is 2.80. The van der Waals surface area contributed by atoms with Gasteiger partial charge in [-0.05, 0) is 34.1 Å². The molecule has 0 aromatic heterocycles. The highest BCUT2D eigenvalue weighted by molar-refractivity contribution is 9.10. The fourth-order valence-corrected chi connectivity index (χ4v) is 3.08. The lowest BCUT2D eigenvalue weighted by atomic mass is 9.83. The molecule has 1 aromatic rings. The maximum atomic E-state index is 5.99. The van der Waals surface area contributed by atoms with Gasteiger partial charge in [0.25, 0.3) is 0 Å². The van der Waals surface area contributed by atoms with Crippen LogP contribution in [0.1, 0.15) is 57.2 Å². The Kier molecular flexibility index (Phi) is 4.48. The van der Waals surface area contributed by atoms with Gasteiger partial charge in [-0.3, -0.25) is 0 Å². The molecule has 0 nitrogen and oxygen atoms in total. The van der Waals surface area contributed by atoms with Crippen LogP contribution in [0.3, 0.4) is 0 Å². The Morgan fingerprint density at radius 1 is 1.25 bits per heavy atom. The predicted molar refractivity (Wildman–Crippen MR) is 76.5 cm³/mol. The molecule has 0 unspecified atom stereocenters. The third kappa shape index (κ3) is 3.01. The molecular formula is C14H20BrCl. The summed E-state index contributed by atoms with van der Waals surface area (Å²) in [6.07, 6.45) is 0. The van der Waals surface area contributed by atoms with Crippen molar-refractivity contribution in [3.05, 3.63) is 33.3 Å². The molecule has 0 aliphatic heterocycles. The molecule has 1 rings (SSSR count). The standard InChI is InChI=1S/C14H20BrCl/c1-9(2)11-7-12(14(3,4)5)13(15)6-10(11)8-16/h6-7,9H,8H2,1-5H3. The zero-order chi connectivity index (χ0) is 12.5. The van der Waals surface area contributed by atoms with E-state index in [1.807, 2.05) is 0 Å². The molecule has 0 atom stereocenters. The largest absolute Gasteiger partial charge is 0.122 e. The molecule has 0 N–H and O–H groups in total. The van der Waals surface area contributed by atoms with Gasteiger partial charge >= 0.3 is 0 Å². The normalized spacial score (nSPS) is 12.2. The van der Waals surface area contributed by atoms with Crippen LogP contribution in [0.4, 0.5) is 0 Å². The highest BCUT2D eigenvalue weighted by atomic mass is 79.9. The van der Waals surface area contributed by atoms with Crippen molar-refractivity contribution in [3.8, 4) is 0 Å². The summed E-state index contributed by atoms with van der Waals surface area (Å²) in [7, 11) is 0. The Bertz CT molecular complexity index is 375. The molecule has 0 saturated heterocycles. The van der Waals surface area contributed by atoms with E-state index in [0.717, 1.165) is 0 Å². The van der Waals surface area contributed by atoms with Crippen molar-refractivity contribution in [1.29, 1.82) is 0 Å². The Morgan fingerprint density at radius 3 is 2.19 bits per heavy atom. The van der Waals surface area contributed by atoms with E-state index in [9.17, 15) is 0 Å². The number of rotatable bonds is 2. The molecule has 0 amide bonds. The van der Waals surface area contributed by atoms with Crippen LogP contribution in [0, 0.1) is 0 Å². The third-order valence-corrected chi connectivity index (χ3v) is 3.75. The molecule has 0 fully saturated rings. The first-order valence-electron chi connectivity index (χ1n) is 5.66. The molecule has 0 aliphatic rings. The summed E-state index contributed by atoms with van der Waals surface area (Å²) < 4.78 is 1.17. The molecule has 0 spiro atoms.